The van der Waals surface area contributed by atoms with Crippen molar-refractivity contribution < 1.29 is 0 Å². The Balaban J connectivity index is 1.14. The Morgan fingerprint density at radius 1 is 0.419 bits per heavy atom. The minimum atomic E-state index is -0.494. The first-order chi connectivity index (χ1) is 30.5. The van der Waals surface area contributed by atoms with Crippen LogP contribution >= 0.6 is 0 Å². The fourth-order valence-corrected chi connectivity index (χ4v) is 12.5. The zero-order chi connectivity index (χ0) is 41.7. The highest BCUT2D eigenvalue weighted by Gasteiger charge is 2.52. The van der Waals surface area contributed by atoms with Crippen LogP contribution < -0.4 is 4.90 Å². The van der Waals surface area contributed by atoms with Crippen LogP contribution in [0.5, 0.6) is 0 Å². The molecule has 11 rings (SSSR count). The van der Waals surface area contributed by atoms with E-state index in [4.69, 9.17) is 0 Å². The highest BCUT2D eigenvalue weighted by Crippen LogP contribution is 2.61. The summed E-state index contributed by atoms with van der Waals surface area (Å²) in [6, 6.07) is 79.5. The third-order valence-electron chi connectivity index (χ3n) is 15.1. The lowest BCUT2D eigenvalue weighted by molar-refractivity contribution is 0.239. The maximum atomic E-state index is 2.60. The first kappa shape index (κ1) is 38.5. The average molecular weight is 802 g/mol. The quantitative estimate of drug-likeness (QED) is 0.141. The van der Waals surface area contributed by atoms with E-state index in [-0.39, 0.29) is 5.41 Å². The zero-order valence-corrected chi connectivity index (χ0v) is 36.0. The van der Waals surface area contributed by atoms with Gasteiger partial charge in [-0.3, -0.25) is 0 Å². The van der Waals surface area contributed by atoms with Crippen LogP contribution in [0.25, 0.3) is 22.3 Å². The molecule has 0 radical (unpaired) electrons. The minimum Gasteiger partial charge on any atom is -0.310 e. The van der Waals surface area contributed by atoms with Gasteiger partial charge in [0, 0.05) is 22.5 Å². The van der Waals surface area contributed by atoms with Crippen molar-refractivity contribution >= 4 is 17.1 Å². The van der Waals surface area contributed by atoms with E-state index in [1.165, 1.54) is 87.0 Å². The zero-order valence-electron chi connectivity index (χ0n) is 36.0. The van der Waals surface area contributed by atoms with E-state index in [1.54, 1.807) is 0 Å². The second-order valence-electron chi connectivity index (χ2n) is 18.9. The van der Waals surface area contributed by atoms with E-state index in [9.17, 15) is 0 Å². The van der Waals surface area contributed by atoms with E-state index >= 15 is 0 Å². The van der Waals surface area contributed by atoms with Gasteiger partial charge in [0.1, 0.15) is 0 Å². The number of rotatable bonds is 9. The molecule has 2 bridgehead atoms. The molecular weight excluding hydrogens is 747 g/mol. The van der Waals surface area contributed by atoms with E-state index < -0.39 is 5.41 Å². The van der Waals surface area contributed by atoms with Gasteiger partial charge < -0.3 is 4.90 Å². The molecule has 304 valence electrons. The molecular formula is C61H55N. The molecule has 3 aliphatic rings. The van der Waals surface area contributed by atoms with Crippen molar-refractivity contribution in [3.8, 4) is 22.3 Å². The van der Waals surface area contributed by atoms with Crippen molar-refractivity contribution in [1.29, 1.82) is 0 Å². The summed E-state index contributed by atoms with van der Waals surface area (Å²) in [5.74, 6) is 3.20. The summed E-state index contributed by atoms with van der Waals surface area (Å²) in [7, 11) is 0. The van der Waals surface area contributed by atoms with Gasteiger partial charge in [-0.2, -0.15) is 0 Å². The molecule has 0 saturated heterocycles. The molecule has 1 heteroatoms. The summed E-state index contributed by atoms with van der Waals surface area (Å²) in [6.45, 7) is 5.11. The van der Waals surface area contributed by atoms with Crippen LogP contribution in [0.1, 0.15) is 79.3 Å². The molecule has 2 saturated carbocycles. The fraction of sp³-hybridized carbons (Fsp3) is 0.213. The molecule has 2 fully saturated rings. The summed E-state index contributed by atoms with van der Waals surface area (Å²) in [5, 5.41) is 0. The Labute approximate surface area is 368 Å². The lowest BCUT2D eigenvalue weighted by Crippen LogP contribution is -2.44. The molecule has 62 heavy (non-hydrogen) atoms. The summed E-state index contributed by atoms with van der Waals surface area (Å²) >= 11 is 0. The van der Waals surface area contributed by atoms with Crippen molar-refractivity contribution in [2.75, 3.05) is 4.90 Å². The largest absolute Gasteiger partial charge is 0.310 e. The number of hydrogen-bond donors (Lipinski definition) is 0. The molecule has 0 N–H and O–H groups in total. The Kier molecular flexibility index (Phi) is 9.80. The van der Waals surface area contributed by atoms with Crippen molar-refractivity contribution in [1.82, 2.24) is 0 Å². The van der Waals surface area contributed by atoms with Crippen molar-refractivity contribution in [2.24, 2.45) is 23.7 Å². The maximum Gasteiger partial charge on any atom is 0.0707 e. The highest BCUT2D eigenvalue weighted by molar-refractivity contribution is 5.82. The highest BCUT2D eigenvalue weighted by atomic mass is 15.1. The van der Waals surface area contributed by atoms with Gasteiger partial charge in [-0.1, -0.05) is 190 Å². The lowest BCUT2D eigenvalue weighted by atomic mass is 9.52. The second kappa shape index (κ2) is 15.8. The molecule has 0 heterocycles. The van der Waals surface area contributed by atoms with Crippen LogP contribution in [-0.2, 0) is 10.8 Å². The van der Waals surface area contributed by atoms with Gasteiger partial charge in [0.15, 0.2) is 0 Å². The molecule has 8 aromatic rings. The van der Waals surface area contributed by atoms with Gasteiger partial charge in [0.2, 0.25) is 0 Å². The fourth-order valence-electron chi connectivity index (χ4n) is 12.5. The van der Waals surface area contributed by atoms with Gasteiger partial charge in [-0.15, -0.1) is 0 Å². The molecule has 0 aromatic heterocycles. The van der Waals surface area contributed by atoms with Crippen LogP contribution in [-0.4, -0.2) is 0 Å². The first-order valence-corrected chi connectivity index (χ1v) is 23.0. The van der Waals surface area contributed by atoms with Crippen LogP contribution in [0.4, 0.5) is 17.1 Å². The molecule has 1 nitrogen and oxygen atoms in total. The maximum absolute atomic E-state index is 2.60. The summed E-state index contributed by atoms with van der Waals surface area (Å²) < 4.78 is 0. The Bertz CT molecular complexity index is 2670. The number of fused-ring (bicyclic) bond motifs is 4. The molecule has 0 aliphatic heterocycles. The lowest BCUT2D eigenvalue weighted by Gasteiger charge is -2.50. The SMILES string of the molecule is C[C@H]1C[C@H]2CC(C[C@]3(C)c4ccccc4C(c4ccccc4)(c4ccccc4)c4ccc(N(c5ccc(-c6ccccc6)cc5)c5ccc(-c6ccccc6)cc5)cc43)[C@@H](C1)C2. The first-order valence-electron chi connectivity index (χ1n) is 23.0. The average Bonchev–Trinajstić information content (AvgIpc) is 3.62. The summed E-state index contributed by atoms with van der Waals surface area (Å²) in [6.07, 6.45) is 6.69. The minimum absolute atomic E-state index is 0.208. The van der Waals surface area contributed by atoms with E-state index in [0.717, 1.165) is 35.5 Å². The number of hydrogen-bond acceptors (Lipinski definition) is 1. The Hall–Kier alpha value is -6.44. The topological polar surface area (TPSA) is 3.24 Å². The number of benzene rings is 8. The summed E-state index contributed by atoms with van der Waals surface area (Å²) in [5.41, 5.74) is 16.0. The third-order valence-corrected chi connectivity index (χ3v) is 15.1. The van der Waals surface area contributed by atoms with Crippen molar-refractivity contribution in [2.45, 2.75) is 56.8 Å². The normalized spacial score (nSPS) is 22.0. The molecule has 0 spiro atoms. The van der Waals surface area contributed by atoms with Crippen molar-refractivity contribution in [3.05, 3.63) is 246 Å². The molecule has 0 amide bonds. The number of nitrogens with zero attached hydrogens (tertiary/aromatic N) is 1. The molecule has 1 unspecified atom stereocenters. The van der Waals surface area contributed by atoms with E-state index in [2.05, 4.69) is 231 Å². The molecule has 8 aromatic carbocycles. The predicted molar refractivity (Wildman–Crippen MR) is 259 cm³/mol. The molecule has 3 aliphatic carbocycles. The Morgan fingerprint density at radius 3 is 1.42 bits per heavy atom. The van der Waals surface area contributed by atoms with Crippen LogP contribution in [0.3, 0.4) is 0 Å². The van der Waals surface area contributed by atoms with Gasteiger partial charge in [0.05, 0.1) is 5.41 Å². The van der Waals surface area contributed by atoms with Gasteiger partial charge in [-0.05, 0) is 148 Å². The van der Waals surface area contributed by atoms with Crippen LogP contribution in [0.15, 0.2) is 212 Å². The van der Waals surface area contributed by atoms with Crippen LogP contribution in [0, 0.1) is 23.7 Å². The van der Waals surface area contributed by atoms with E-state index in [1.807, 2.05) is 0 Å². The molecule has 5 atom stereocenters. The van der Waals surface area contributed by atoms with Gasteiger partial charge >= 0.3 is 0 Å². The number of anilines is 3. The van der Waals surface area contributed by atoms with Gasteiger partial charge in [-0.25, -0.2) is 0 Å². The van der Waals surface area contributed by atoms with E-state index in [0.29, 0.717) is 5.92 Å². The smallest absolute Gasteiger partial charge is 0.0707 e. The monoisotopic (exact) mass is 801 g/mol. The summed E-state index contributed by atoms with van der Waals surface area (Å²) in [4.78, 5) is 2.49. The van der Waals surface area contributed by atoms with Gasteiger partial charge in [0.25, 0.3) is 0 Å². The third kappa shape index (κ3) is 6.53. The standard InChI is InChI=1S/C61H55N/c1-43-37-44-39-49(38-43)50(40-44)42-60(2)56-25-15-16-26-57(56)61(51-21-11-5-12-22-51,52-23-13-6-14-24-52)58-36-35-55(41-59(58)60)62(53-31-27-47(28-32-53)45-17-7-3-8-18-45)54-33-29-48(30-34-54)46-19-9-4-10-20-46/h3-36,41,43-44,49-50H,37-40,42H2,1-2H3/t43-,44+,49-,50?,60+/m0/s1. The second-order valence-corrected chi connectivity index (χ2v) is 18.9. The predicted octanol–water partition coefficient (Wildman–Crippen LogP) is 16.0. The van der Waals surface area contributed by atoms with Crippen LogP contribution in [0.2, 0.25) is 0 Å². The van der Waals surface area contributed by atoms with Crippen molar-refractivity contribution in [3.63, 3.8) is 0 Å². The Morgan fingerprint density at radius 2 is 0.871 bits per heavy atom.